The van der Waals surface area contributed by atoms with Crippen LogP contribution in [0.4, 0.5) is 5.69 Å². The zero-order valence-electron chi connectivity index (χ0n) is 11.8. The molecule has 0 bridgehead atoms. The number of aryl methyl sites for hydroxylation is 1. The maximum absolute atomic E-state index is 12.2. The second-order valence-corrected chi connectivity index (χ2v) is 5.06. The van der Waals surface area contributed by atoms with Gasteiger partial charge in [0.05, 0.1) is 13.0 Å². The summed E-state index contributed by atoms with van der Waals surface area (Å²) >= 11 is 0. The van der Waals surface area contributed by atoms with Gasteiger partial charge in [-0.05, 0) is 38.0 Å². The van der Waals surface area contributed by atoms with Crippen molar-refractivity contribution in [3.8, 4) is 0 Å². The molecule has 4 nitrogen and oxygen atoms in total. The van der Waals surface area contributed by atoms with E-state index in [9.17, 15) is 9.59 Å². The number of methoxy groups -OCH3 is 1. The second kappa shape index (κ2) is 5.03. The summed E-state index contributed by atoms with van der Waals surface area (Å²) in [6.45, 7) is 5.91. The van der Waals surface area contributed by atoms with Gasteiger partial charge >= 0.3 is 5.97 Å². The van der Waals surface area contributed by atoms with E-state index in [1.165, 1.54) is 7.11 Å². The Labute approximate surface area is 113 Å². The zero-order valence-corrected chi connectivity index (χ0v) is 11.8. The van der Waals surface area contributed by atoms with Crippen LogP contribution in [0.25, 0.3) is 0 Å². The van der Waals surface area contributed by atoms with E-state index < -0.39 is 0 Å². The van der Waals surface area contributed by atoms with Gasteiger partial charge in [-0.2, -0.15) is 0 Å². The Balaban J connectivity index is 2.38. The van der Waals surface area contributed by atoms with Gasteiger partial charge in [0.15, 0.2) is 0 Å². The first kappa shape index (κ1) is 13.6. The molecule has 0 N–H and O–H groups in total. The van der Waals surface area contributed by atoms with Gasteiger partial charge in [-0.3, -0.25) is 9.59 Å². The van der Waals surface area contributed by atoms with Crippen LogP contribution in [-0.4, -0.2) is 25.0 Å². The van der Waals surface area contributed by atoms with Crippen molar-refractivity contribution in [3.63, 3.8) is 0 Å². The van der Waals surface area contributed by atoms with Gasteiger partial charge in [-0.1, -0.05) is 12.1 Å². The highest BCUT2D eigenvalue weighted by atomic mass is 16.5. The molecular formula is C15H19NO3. The average molecular weight is 261 g/mol. The van der Waals surface area contributed by atoms with Gasteiger partial charge in [0.2, 0.25) is 5.91 Å². The van der Waals surface area contributed by atoms with Crippen molar-refractivity contribution in [3.05, 3.63) is 29.3 Å². The predicted octanol–water partition coefficient (Wildman–Crippen LogP) is 2.22. The Morgan fingerprint density at radius 3 is 2.68 bits per heavy atom. The minimum Gasteiger partial charge on any atom is -0.469 e. The SMILES string of the molecule is COC(=O)C1CC(=O)N(c2cccc(C)c2C)C1C. The lowest BCUT2D eigenvalue weighted by Gasteiger charge is -2.26. The van der Waals surface area contributed by atoms with Gasteiger partial charge in [0, 0.05) is 18.2 Å². The number of esters is 1. The molecule has 0 aromatic heterocycles. The van der Waals surface area contributed by atoms with Crippen molar-refractivity contribution in [2.24, 2.45) is 5.92 Å². The quantitative estimate of drug-likeness (QED) is 0.767. The number of rotatable bonds is 2. The number of hydrogen-bond donors (Lipinski definition) is 0. The van der Waals surface area contributed by atoms with Crippen molar-refractivity contribution in [2.45, 2.75) is 33.2 Å². The first-order valence-electron chi connectivity index (χ1n) is 6.43. The van der Waals surface area contributed by atoms with E-state index >= 15 is 0 Å². The zero-order chi connectivity index (χ0) is 14.2. The minimum atomic E-state index is -0.377. The van der Waals surface area contributed by atoms with Crippen LogP contribution in [0.5, 0.6) is 0 Å². The number of nitrogens with zero attached hydrogens (tertiary/aromatic N) is 1. The smallest absolute Gasteiger partial charge is 0.311 e. The van der Waals surface area contributed by atoms with Crippen molar-refractivity contribution in [2.75, 3.05) is 12.0 Å². The van der Waals surface area contributed by atoms with E-state index in [0.717, 1.165) is 16.8 Å². The number of anilines is 1. The molecule has 0 radical (unpaired) electrons. The molecule has 0 aliphatic carbocycles. The summed E-state index contributed by atoms with van der Waals surface area (Å²) in [6.07, 6.45) is 0.223. The van der Waals surface area contributed by atoms with Crippen molar-refractivity contribution >= 4 is 17.6 Å². The third-order valence-electron chi connectivity index (χ3n) is 3.99. The summed E-state index contributed by atoms with van der Waals surface area (Å²) in [4.78, 5) is 25.6. The number of benzene rings is 1. The van der Waals surface area contributed by atoms with Crippen LogP contribution in [-0.2, 0) is 14.3 Å². The van der Waals surface area contributed by atoms with E-state index in [2.05, 4.69) is 0 Å². The lowest BCUT2D eigenvalue weighted by molar-refractivity contribution is -0.146. The molecule has 2 atom stereocenters. The number of amides is 1. The van der Waals surface area contributed by atoms with E-state index in [0.29, 0.717) is 0 Å². The standard InChI is InChI=1S/C15H19NO3/c1-9-6-5-7-13(10(9)2)16-11(3)12(8-14(16)17)15(18)19-4/h5-7,11-12H,8H2,1-4H3. The van der Waals surface area contributed by atoms with Crippen LogP contribution >= 0.6 is 0 Å². The third-order valence-corrected chi connectivity index (χ3v) is 3.99. The molecular weight excluding hydrogens is 242 g/mol. The Morgan fingerprint density at radius 1 is 1.37 bits per heavy atom. The van der Waals surface area contributed by atoms with Crippen LogP contribution in [0.3, 0.4) is 0 Å². The number of carbonyl (C=O) groups excluding carboxylic acids is 2. The fourth-order valence-corrected chi connectivity index (χ4v) is 2.65. The fraction of sp³-hybridized carbons (Fsp3) is 0.467. The molecule has 1 fully saturated rings. The molecule has 1 aliphatic rings. The van der Waals surface area contributed by atoms with Gasteiger partial charge in [0.1, 0.15) is 0 Å². The van der Waals surface area contributed by atoms with Crippen LogP contribution in [0.2, 0.25) is 0 Å². The Hall–Kier alpha value is -1.84. The maximum atomic E-state index is 12.2. The fourth-order valence-electron chi connectivity index (χ4n) is 2.65. The summed E-state index contributed by atoms with van der Waals surface area (Å²) in [5, 5.41) is 0. The van der Waals surface area contributed by atoms with E-state index in [-0.39, 0.29) is 30.3 Å². The highest BCUT2D eigenvalue weighted by Gasteiger charge is 2.42. The van der Waals surface area contributed by atoms with Gasteiger partial charge in [0.25, 0.3) is 0 Å². The Morgan fingerprint density at radius 2 is 2.05 bits per heavy atom. The lowest BCUT2D eigenvalue weighted by atomic mass is 10.0. The predicted molar refractivity (Wildman–Crippen MR) is 73.0 cm³/mol. The third kappa shape index (κ3) is 2.23. The molecule has 1 aromatic rings. The molecule has 1 amide bonds. The van der Waals surface area contributed by atoms with Crippen molar-refractivity contribution < 1.29 is 14.3 Å². The topological polar surface area (TPSA) is 46.6 Å². The molecule has 0 spiro atoms. The van der Waals surface area contributed by atoms with Crippen LogP contribution < -0.4 is 4.90 Å². The molecule has 19 heavy (non-hydrogen) atoms. The second-order valence-electron chi connectivity index (χ2n) is 5.06. The lowest BCUT2D eigenvalue weighted by Crippen LogP contribution is -2.35. The molecule has 1 heterocycles. The van der Waals surface area contributed by atoms with Crippen LogP contribution in [0.1, 0.15) is 24.5 Å². The average Bonchev–Trinajstić information content (AvgIpc) is 2.68. The molecule has 1 saturated heterocycles. The van der Waals surface area contributed by atoms with E-state index in [4.69, 9.17) is 4.74 Å². The summed E-state index contributed by atoms with van der Waals surface area (Å²) in [6, 6.07) is 5.71. The summed E-state index contributed by atoms with van der Waals surface area (Å²) in [5.74, 6) is -0.706. The molecule has 2 unspecified atom stereocenters. The summed E-state index contributed by atoms with van der Waals surface area (Å²) < 4.78 is 4.77. The molecule has 2 rings (SSSR count). The Kier molecular flexibility index (Phi) is 3.60. The number of hydrogen-bond acceptors (Lipinski definition) is 3. The highest BCUT2D eigenvalue weighted by Crippen LogP contribution is 2.34. The molecule has 4 heteroatoms. The van der Waals surface area contributed by atoms with Crippen molar-refractivity contribution in [1.29, 1.82) is 0 Å². The normalized spacial score (nSPS) is 22.7. The van der Waals surface area contributed by atoms with Gasteiger partial charge < -0.3 is 9.64 Å². The van der Waals surface area contributed by atoms with E-state index in [1.807, 2.05) is 39.0 Å². The molecule has 1 aromatic carbocycles. The van der Waals surface area contributed by atoms with Crippen LogP contribution in [0, 0.1) is 19.8 Å². The summed E-state index contributed by atoms with van der Waals surface area (Å²) in [5.41, 5.74) is 3.11. The van der Waals surface area contributed by atoms with Crippen LogP contribution in [0.15, 0.2) is 18.2 Å². The monoisotopic (exact) mass is 261 g/mol. The maximum Gasteiger partial charge on any atom is 0.311 e. The number of ether oxygens (including phenoxy) is 1. The van der Waals surface area contributed by atoms with E-state index in [1.54, 1.807) is 4.90 Å². The number of carbonyl (C=O) groups is 2. The molecule has 102 valence electrons. The van der Waals surface area contributed by atoms with Gasteiger partial charge in [-0.15, -0.1) is 0 Å². The molecule has 1 aliphatic heterocycles. The van der Waals surface area contributed by atoms with Crippen molar-refractivity contribution in [1.82, 2.24) is 0 Å². The minimum absolute atomic E-state index is 0.0170. The Bertz CT molecular complexity index is 524. The van der Waals surface area contributed by atoms with Gasteiger partial charge in [-0.25, -0.2) is 0 Å². The largest absolute Gasteiger partial charge is 0.469 e. The first-order valence-corrected chi connectivity index (χ1v) is 6.43. The first-order chi connectivity index (χ1) is 8.97. The summed E-state index contributed by atoms with van der Waals surface area (Å²) in [7, 11) is 1.36. The highest BCUT2D eigenvalue weighted by molar-refractivity contribution is 6.01. The molecule has 0 saturated carbocycles.